The Kier molecular flexibility index (Phi) is 3.29. The SMILES string of the molecule is C=C1Oc2cc(C)c(C(=O)NC(C)C)cc2NC1=O. The summed E-state index contributed by atoms with van der Waals surface area (Å²) in [5.41, 5.74) is 1.78. The topological polar surface area (TPSA) is 67.4 Å². The number of anilines is 1. The van der Waals surface area contributed by atoms with Crippen molar-refractivity contribution in [1.82, 2.24) is 5.32 Å². The fraction of sp³-hybridized carbons (Fsp3) is 0.286. The molecule has 1 aliphatic heterocycles. The van der Waals surface area contributed by atoms with Crippen LogP contribution in [0.15, 0.2) is 24.5 Å². The van der Waals surface area contributed by atoms with Crippen LogP contribution in [-0.4, -0.2) is 17.9 Å². The van der Waals surface area contributed by atoms with Crippen LogP contribution in [0.2, 0.25) is 0 Å². The van der Waals surface area contributed by atoms with Crippen molar-refractivity contribution >= 4 is 17.5 Å². The Morgan fingerprint density at radius 2 is 2.11 bits per heavy atom. The zero-order chi connectivity index (χ0) is 14.2. The molecule has 2 amide bonds. The molecule has 0 atom stereocenters. The van der Waals surface area contributed by atoms with Gasteiger partial charge in [0.05, 0.1) is 5.69 Å². The number of hydrogen-bond donors (Lipinski definition) is 2. The molecule has 0 aliphatic carbocycles. The lowest BCUT2D eigenvalue weighted by Gasteiger charge is -2.21. The summed E-state index contributed by atoms with van der Waals surface area (Å²) < 4.78 is 5.30. The summed E-state index contributed by atoms with van der Waals surface area (Å²) in [6, 6.07) is 3.38. The second-order valence-corrected chi connectivity index (χ2v) is 4.77. The lowest BCUT2D eigenvalue weighted by Crippen LogP contribution is -2.31. The minimum atomic E-state index is -0.397. The van der Waals surface area contributed by atoms with E-state index in [9.17, 15) is 9.59 Å². The van der Waals surface area contributed by atoms with Crippen molar-refractivity contribution in [3.05, 3.63) is 35.6 Å². The molecule has 0 unspecified atom stereocenters. The summed E-state index contributed by atoms with van der Waals surface area (Å²) in [4.78, 5) is 23.5. The van der Waals surface area contributed by atoms with E-state index in [1.165, 1.54) is 0 Å². The Morgan fingerprint density at radius 1 is 1.42 bits per heavy atom. The molecule has 1 aromatic rings. The highest BCUT2D eigenvalue weighted by atomic mass is 16.5. The molecule has 0 saturated heterocycles. The monoisotopic (exact) mass is 260 g/mol. The predicted molar refractivity (Wildman–Crippen MR) is 72.2 cm³/mol. The highest BCUT2D eigenvalue weighted by Crippen LogP contribution is 2.33. The van der Waals surface area contributed by atoms with Crippen molar-refractivity contribution in [2.75, 3.05) is 5.32 Å². The van der Waals surface area contributed by atoms with Crippen LogP contribution in [0.5, 0.6) is 5.75 Å². The van der Waals surface area contributed by atoms with Gasteiger partial charge in [-0.2, -0.15) is 0 Å². The number of hydrogen-bond acceptors (Lipinski definition) is 3. The zero-order valence-corrected chi connectivity index (χ0v) is 11.2. The highest BCUT2D eigenvalue weighted by Gasteiger charge is 2.23. The van der Waals surface area contributed by atoms with Crippen LogP contribution in [0.25, 0.3) is 0 Å². The molecule has 100 valence electrons. The second-order valence-electron chi connectivity index (χ2n) is 4.77. The summed E-state index contributed by atoms with van der Waals surface area (Å²) in [6.07, 6.45) is 0. The van der Waals surface area contributed by atoms with E-state index in [2.05, 4.69) is 17.2 Å². The number of rotatable bonds is 2. The highest BCUT2D eigenvalue weighted by molar-refractivity contribution is 6.06. The normalized spacial score (nSPS) is 13.7. The molecule has 2 N–H and O–H groups in total. The number of fused-ring (bicyclic) bond motifs is 1. The molecule has 5 nitrogen and oxygen atoms in total. The Labute approximate surface area is 111 Å². The second kappa shape index (κ2) is 4.76. The zero-order valence-electron chi connectivity index (χ0n) is 11.2. The van der Waals surface area contributed by atoms with Gasteiger partial charge in [0.2, 0.25) is 0 Å². The summed E-state index contributed by atoms with van der Waals surface area (Å²) in [7, 11) is 0. The Morgan fingerprint density at radius 3 is 2.74 bits per heavy atom. The third kappa shape index (κ3) is 2.59. The van der Waals surface area contributed by atoms with Gasteiger partial charge in [-0.05, 0) is 38.5 Å². The molecule has 0 fully saturated rings. The molecule has 0 aromatic heterocycles. The predicted octanol–water partition coefficient (Wildman–Crippen LogP) is 1.98. The molecule has 0 bridgehead atoms. The van der Waals surface area contributed by atoms with Crippen molar-refractivity contribution < 1.29 is 14.3 Å². The van der Waals surface area contributed by atoms with Crippen LogP contribution in [0, 0.1) is 6.92 Å². The number of benzene rings is 1. The van der Waals surface area contributed by atoms with E-state index in [1.807, 2.05) is 20.8 Å². The number of aryl methyl sites for hydroxylation is 1. The van der Waals surface area contributed by atoms with Crippen LogP contribution in [-0.2, 0) is 4.79 Å². The quantitative estimate of drug-likeness (QED) is 0.799. The van der Waals surface area contributed by atoms with E-state index in [0.717, 1.165) is 5.56 Å². The number of carbonyl (C=O) groups excluding carboxylic acids is 2. The number of ether oxygens (including phenoxy) is 1. The number of amides is 2. The minimum Gasteiger partial charge on any atom is -0.450 e. The van der Waals surface area contributed by atoms with Crippen molar-refractivity contribution in [2.45, 2.75) is 26.8 Å². The molecular formula is C14H16N2O3. The third-order valence-electron chi connectivity index (χ3n) is 2.73. The average Bonchev–Trinajstić information content (AvgIpc) is 2.29. The lowest BCUT2D eigenvalue weighted by atomic mass is 10.0. The maximum absolute atomic E-state index is 12.0. The first-order valence-corrected chi connectivity index (χ1v) is 6.02. The van der Waals surface area contributed by atoms with E-state index >= 15 is 0 Å². The molecule has 0 saturated carbocycles. The first-order chi connectivity index (χ1) is 8.88. The van der Waals surface area contributed by atoms with E-state index in [1.54, 1.807) is 12.1 Å². The number of nitrogens with one attached hydrogen (secondary N) is 2. The van der Waals surface area contributed by atoms with Crippen LogP contribution in [0.4, 0.5) is 5.69 Å². The molecule has 1 heterocycles. The maximum atomic E-state index is 12.0. The Bertz CT molecular complexity index is 576. The van der Waals surface area contributed by atoms with Gasteiger partial charge < -0.3 is 15.4 Å². The summed E-state index contributed by atoms with van der Waals surface area (Å²) >= 11 is 0. The van der Waals surface area contributed by atoms with Gasteiger partial charge in [-0.15, -0.1) is 0 Å². The third-order valence-corrected chi connectivity index (χ3v) is 2.73. The largest absolute Gasteiger partial charge is 0.450 e. The smallest absolute Gasteiger partial charge is 0.290 e. The lowest BCUT2D eigenvalue weighted by molar-refractivity contribution is -0.115. The molecule has 5 heteroatoms. The Hall–Kier alpha value is -2.30. The standard InChI is InChI=1S/C14H16N2O3/c1-7(2)15-14(18)10-6-11-12(5-8(10)3)19-9(4)13(17)16-11/h5-7H,4H2,1-3H3,(H,15,18)(H,16,17). The first-order valence-electron chi connectivity index (χ1n) is 6.02. The van der Waals surface area contributed by atoms with Gasteiger partial charge in [-0.3, -0.25) is 9.59 Å². The fourth-order valence-electron chi connectivity index (χ4n) is 1.82. The average molecular weight is 260 g/mol. The van der Waals surface area contributed by atoms with E-state index < -0.39 is 5.91 Å². The van der Waals surface area contributed by atoms with Gasteiger partial charge in [-0.25, -0.2) is 0 Å². The summed E-state index contributed by atoms with van der Waals surface area (Å²) in [5.74, 6) is -0.0185. The fourth-order valence-corrected chi connectivity index (χ4v) is 1.82. The van der Waals surface area contributed by atoms with Crippen LogP contribution in [0.3, 0.4) is 0 Å². The van der Waals surface area contributed by atoms with E-state index in [0.29, 0.717) is 17.0 Å². The Balaban J connectivity index is 2.38. The van der Waals surface area contributed by atoms with Gasteiger partial charge in [-0.1, -0.05) is 6.58 Å². The molecule has 0 spiro atoms. The number of carbonyl (C=O) groups is 2. The van der Waals surface area contributed by atoms with E-state index in [-0.39, 0.29) is 17.7 Å². The molecule has 0 radical (unpaired) electrons. The summed E-state index contributed by atoms with van der Waals surface area (Å²) in [6.45, 7) is 9.10. The first kappa shape index (κ1) is 13.1. The molecular weight excluding hydrogens is 244 g/mol. The van der Waals surface area contributed by atoms with E-state index in [4.69, 9.17) is 4.74 Å². The van der Waals surface area contributed by atoms with Gasteiger partial charge >= 0.3 is 0 Å². The van der Waals surface area contributed by atoms with Crippen molar-refractivity contribution in [2.24, 2.45) is 0 Å². The van der Waals surface area contributed by atoms with Gasteiger partial charge in [0.1, 0.15) is 0 Å². The van der Waals surface area contributed by atoms with Crippen LogP contribution < -0.4 is 15.4 Å². The van der Waals surface area contributed by atoms with Crippen molar-refractivity contribution in [3.63, 3.8) is 0 Å². The van der Waals surface area contributed by atoms with Gasteiger partial charge in [0, 0.05) is 11.6 Å². The summed E-state index contributed by atoms with van der Waals surface area (Å²) in [5, 5.41) is 5.46. The van der Waals surface area contributed by atoms with Gasteiger partial charge in [0.25, 0.3) is 11.8 Å². The minimum absolute atomic E-state index is 0.0475. The molecule has 1 aliphatic rings. The van der Waals surface area contributed by atoms with Crippen molar-refractivity contribution in [1.29, 1.82) is 0 Å². The molecule has 19 heavy (non-hydrogen) atoms. The molecule has 2 rings (SSSR count). The van der Waals surface area contributed by atoms with Crippen LogP contribution >= 0.6 is 0 Å². The van der Waals surface area contributed by atoms with Crippen molar-refractivity contribution in [3.8, 4) is 5.75 Å². The maximum Gasteiger partial charge on any atom is 0.290 e. The van der Waals surface area contributed by atoms with Gasteiger partial charge in [0.15, 0.2) is 11.5 Å². The van der Waals surface area contributed by atoms with Crippen LogP contribution in [0.1, 0.15) is 29.8 Å². The molecule has 1 aromatic carbocycles.